The van der Waals surface area contributed by atoms with Gasteiger partial charge < -0.3 is 10.6 Å². The van der Waals surface area contributed by atoms with Gasteiger partial charge >= 0.3 is 6.03 Å². The number of ketones is 1. The second-order valence-corrected chi connectivity index (χ2v) is 8.17. The molecule has 0 fully saturated rings. The predicted octanol–water partition coefficient (Wildman–Crippen LogP) is 2.96. The quantitative estimate of drug-likeness (QED) is 0.443. The zero-order chi connectivity index (χ0) is 20.4. The number of hydrogen-bond acceptors (Lipinski definition) is 4. The molecule has 0 saturated carbocycles. The summed E-state index contributed by atoms with van der Waals surface area (Å²) < 4.78 is 26.5. The van der Waals surface area contributed by atoms with E-state index in [1.165, 1.54) is 12.1 Å². The first-order chi connectivity index (χ1) is 14.0. The van der Waals surface area contributed by atoms with Gasteiger partial charge in [0.05, 0.1) is 11.6 Å². The van der Waals surface area contributed by atoms with Crippen LogP contribution in [0.3, 0.4) is 0 Å². The number of carbonyl (C=O) groups excluding carboxylic acids is 2. The van der Waals surface area contributed by atoms with E-state index in [1.807, 2.05) is 18.2 Å². The lowest BCUT2D eigenvalue weighted by Gasteiger charge is -2.10. The SMILES string of the molecule is O=C(NCNS(=O)(=O)c1ccccc1)Nc1ccc2c(c1)C(=O)c1ccccc1-2. The van der Waals surface area contributed by atoms with E-state index in [0.29, 0.717) is 16.8 Å². The molecule has 146 valence electrons. The van der Waals surface area contributed by atoms with Gasteiger partial charge in [-0.15, -0.1) is 0 Å². The van der Waals surface area contributed by atoms with E-state index in [-0.39, 0.29) is 17.3 Å². The molecule has 1 aliphatic carbocycles. The lowest BCUT2D eigenvalue weighted by atomic mass is 10.1. The molecule has 0 spiro atoms. The monoisotopic (exact) mass is 407 g/mol. The molecule has 2 amide bonds. The summed E-state index contributed by atoms with van der Waals surface area (Å²) in [7, 11) is -3.71. The normalized spacial score (nSPS) is 12.2. The van der Waals surface area contributed by atoms with Gasteiger partial charge in [-0.3, -0.25) is 4.79 Å². The minimum Gasteiger partial charge on any atom is -0.324 e. The zero-order valence-corrected chi connectivity index (χ0v) is 16.0. The molecule has 0 heterocycles. The Labute approximate surface area is 167 Å². The number of carbonyl (C=O) groups is 2. The summed E-state index contributed by atoms with van der Waals surface area (Å²) >= 11 is 0. The van der Waals surface area contributed by atoms with Crippen molar-refractivity contribution < 1.29 is 18.0 Å². The predicted molar refractivity (Wildman–Crippen MR) is 109 cm³/mol. The molecule has 0 unspecified atom stereocenters. The Morgan fingerprint density at radius 2 is 1.45 bits per heavy atom. The minimum absolute atomic E-state index is 0.0877. The van der Waals surface area contributed by atoms with Crippen LogP contribution in [0.4, 0.5) is 10.5 Å². The fourth-order valence-electron chi connectivity index (χ4n) is 3.18. The van der Waals surface area contributed by atoms with Crippen LogP contribution in [-0.4, -0.2) is 26.9 Å². The third-order valence-corrected chi connectivity index (χ3v) is 5.97. The molecule has 0 aliphatic heterocycles. The number of anilines is 1. The Kier molecular flexibility index (Phi) is 4.87. The average Bonchev–Trinajstić information content (AvgIpc) is 3.01. The van der Waals surface area contributed by atoms with Crippen molar-refractivity contribution in [2.24, 2.45) is 0 Å². The van der Waals surface area contributed by atoms with Crippen molar-refractivity contribution in [2.45, 2.75) is 4.90 Å². The van der Waals surface area contributed by atoms with E-state index in [2.05, 4.69) is 15.4 Å². The summed E-state index contributed by atoms with van der Waals surface area (Å²) in [6.07, 6.45) is 0. The van der Waals surface area contributed by atoms with E-state index in [4.69, 9.17) is 0 Å². The van der Waals surface area contributed by atoms with Crippen LogP contribution in [0.1, 0.15) is 15.9 Å². The highest BCUT2D eigenvalue weighted by atomic mass is 32.2. The van der Waals surface area contributed by atoms with Crippen LogP contribution in [0.5, 0.6) is 0 Å². The van der Waals surface area contributed by atoms with Gasteiger partial charge in [-0.2, -0.15) is 4.72 Å². The second-order valence-electron chi connectivity index (χ2n) is 6.40. The Morgan fingerprint density at radius 3 is 2.21 bits per heavy atom. The highest BCUT2D eigenvalue weighted by molar-refractivity contribution is 7.89. The summed E-state index contributed by atoms with van der Waals surface area (Å²) in [6, 6.07) is 19.7. The molecule has 0 radical (unpaired) electrons. The maximum absolute atomic E-state index is 12.5. The Bertz CT molecular complexity index is 1210. The molecule has 0 bridgehead atoms. The van der Waals surface area contributed by atoms with Gasteiger partial charge in [0.2, 0.25) is 10.0 Å². The number of hydrogen-bond donors (Lipinski definition) is 3. The summed E-state index contributed by atoms with van der Waals surface area (Å²) in [4.78, 5) is 24.7. The van der Waals surface area contributed by atoms with E-state index in [9.17, 15) is 18.0 Å². The minimum atomic E-state index is -3.71. The maximum atomic E-state index is 12.5. The Morgan fingerprint density at radius 1 is 0.793 bits per heavy atom. The number of sulfonamides is 1. The number of nitrogens with one attached hydrogen (secondary N) is 3. The zero-order valence-electron chi connectivity index (χ0n) is 15.2. The molecule has 3 N–H and O–H groups in total. The molecule has 3 aromatic carbocycles. The fraction of sp³-hybridized carbons (Fsp3) is 0.0476. The molecular weight excluding hydrogens is 390 g/mol. The molecule has 1 aliphatic rings. The first-order valence-electron chi connectivity index (χ1n) is 8.83. The van der Waals surface area contributed by atoms with Crippen LogP contribution < -0.4 is 15.4 Å². The van der Waals surface area contributed by atoms with Crippen molar-refractivity contribution in [3.8, 4) is 11.1 Å². The molecule has 0 atom stereocenters. The van der Waals surface area contributed by atoms with E-state index in [0.717, 1.165) is 11.1 Å². The van der Waals surface area contributed by atoms with Crippen molar-refractivity contribution in [3.63, 3.8) is 0 Å². The summed E-state index contributed by atoms with van der Waals surface area (Å²) in [5.41, 5.74) is 3.30. The molecule has 0 saturated heterocycles. The molecule has 7 nitrogen and oxygen atoms in total. The summed E-state index contributed by atoms with van der Waals surface area (Å²) in [6.45, 7) is -0.279. The first-order valence-corrected chi connectivity index (χ1v) is 10.3. The van der Waals surface area contributed by atoms with Crippen LogP contribution in [-0.2, 0) is 10.0 Å². The summed E-state index contributed by atoms with van der Waals surface area (Å²) in [5.74, 6) is -0.0877. The van der Waals surface area contributed by atoms with Gasteiger partial charge in [0.1, 0.15) is 0 Å². The van der Waals surface area contributed by atoms with Gasteiger partial charge in [0.15, 0.2) is 5.78 Å². The van der Waals surface area contributed by atoms with Crippen molar-refractivity contribution in [3.05, 3.63) is 83.9 Å². The van der Waals surface area contributed by atoms with E-state index < -0.39 is 16.1 Å². The second kappa shape index (κ2) is 7.50. The lowest BCUT2D eigenvalue weighted by molar-refractivity contribution is 0.104. The van der Waals surface area contributed by atoms with E-state index >= 15 is 0 Å². The molecule has 3 aromatic rings. The highest BCUT2D eigenvalue weighted by Gasteiger charge is 2.26. The van der Waals surface area contributed by atoms with Crippen LogP contribution >= 0.6 is 0 Å². The van der Waals surface area contributed by atoms with Gasteiger partial charge in [-0.1, -0.05) is 48.5 Å². The number of benzene rings is 3. The van der Waals surface area contributed by atoms with Crippen molar-refractivity contribution in [1.29, 1.82) is 0 Å². The van der Waals surface area contributed by atoms with Gasteiger partial charge in [0.25, 0.3) is 0 Å². The maximum Gasteiger partial charge on any atom is 0.320 e. The lowest BCUT2D eigenvalue weighted by Crippen LogP contribution is -2.39. The fourth-order valence-corrected chi connectivity index (χ4v) is 4.12. The first kappa shape index (κ1) is 18.9. The standard InChI is InChI=1S/C21H17N3O4S/c25-20-18-9-5-4-8-16(18)17-11-10-14(12-19(17)20)24-21(26)22-13-23-29(27,28)15-6-2-1-3-7-15/h1-12,23H,13H2,(H2,22,24,26). The van der Waals surface area contributed by atoms with Crippen LogP contribution in [0, 0.1) is 0 Å². The Balaban J connectivity index is 1.38. The number of rotatable bonds is 5. The number of urea groups is 1. The van der Waals surface area contributed by atoms with Crippen LogP contribution in [0.25, 0.3) is 11.1 Å². The van der Waals surface area contributed by atoms with Crippen LogP contribution in [0.2, 0.25) is 0 Å². The molecule has 0 aromatic heterocycles. The van der Waals surface area contributed by atoms with E-state index in [1.54, 1.807) is 42.5 Å². The van der Waals surface area contributed by atoms with Crippen molar-refractivity contribution in [2.75, 3.05) is 12.0 Å². The van der Waals surface area contributed by atoms with Crippen molar-refractivity contribution in [1.82, 2.24) is 10.0 Å². The third kappa shape index (κ3) is 3.75. The number of amides is 2. The van der Waals surface area contributed by atoms with Crippen molar-refractivity contribution >= 4 is 27.5 Å². The largest absolute Gasteiger partial charge is 0.324 e. The molecule has 29 heavy (non-hydrogen) atoms. The molecular formula is C21H17N3O4S. The topological polar surface area (TPSA) is 104 Å². The average molecular weight is 407 g/mol. The highest BCUT2D eigenvalue weighted by Crippen LogP contribution is 2.37. The summed E-state index contributed by atoms with van der Waals surface area (Å²) in [5, 5.41) is 5.04. The Hall–Kier alpha value is -3.49. The van der Waals surface area contributed by atoms with Gasteiger partial charge in [-0.25, -0.2) is 13.2 Å². The van der Waals surface area contributed by atoms with Gasteiger partial charge in [0, 0.05) is 16.8 Å². The molecule has 4 rings (SSSR count). The number of fused-ring (bicyclic) bond motifs is 3. The third-order valence-electron chi connectivity index (χ3n) is 4.55. The smallest absolute Gasteiger partial charge is 0.320 e. The van der Waals surface area contributed by atoms with Crippen LogP contribution in [0.15, 0.2) is 77.7 Å². The molecule has 8 heteroatoms. The van der Waals surface area contributed by atoms with Gasteiger partial charge in [-0.05, 0) is 35.4 Å².